The van der Waals surface area contributed by atoms with Gasteiger partial charge >= 0.3 is 0 Å². The van der Waals surface area contributed by atoms with Crippen molar-refractivity contribution in [3.8, 4) is 5.75 Å². The molecule has 1 amide bonds. The van der Waals surface area contributed by atoms with Crippen LogP contribution in [0, 0.1) is 13.8 Å². The van der Waals surface area contributed by atoms with E-state index < -0.39 is 0 Å². The third kappa shape index (κ3) is 4.29. The van der Waals surface area contributed by atoms with Gasteiger partial charge in [-0.25, -0.2) is 0 Å². The van der Waals surface area contributed by atoms with Crippen LogP contribution in [-0.4, -0.2) is 10.9 Å². The molecule has 1 N–H and O–H groups in total. The van der Waals surface area contributed by atoms with Crippen LogP contribution in [0.3, 0.4) is 0 Å². The van der Waals surface area contributed by atoms with Crippen molar-refractivity contribution in [3.63, 3.8) is 0 Å². The topological polar surface area (TPSA) is 64.4 Å². The molecular weight excluding hydrogens is 364 g/mol. The highest BCUT2D eigenvalue weighted by atomic mass is 16.5. The van der Waals surface area contributed by atoms with Crippen molar-refractivity contribution in [2.24, 2.45) is 0 Å². The van der Waals surface area contributed by atoms with Crippen LogP contribution in [0.2, 0.25) is 0 Å². The minimum Gasteiger partial charge on any atom is -0.487 e. The number of fused-ring (bicyclic) bond motifs is 1. The summed E-state index contributed by atoms with van der Waals surface area (Å²) in [5, 5.41) is 3.92. The van der Waals surface area contributed by atoms with Gasteiger partial charge in [-0.3, -0.25) is 9.78 Å². The van der Waals surface area contributed by atoms with Gasteiger partial charge < -0.3 is 14.5 Å². The normalized spacial score (nSPS) is 10.8. The predicted molar refractivity (Wildman–Crippen MR) is 113 cm³/mol. The van der Waals surface area contributed by atoms with Gasteiger partial charge in [0.2, 0.25) is 5.91 Å². The number of benzene rings is 2. The summed E-state index contributed by atoms with van der Waals surface area (Å²) < 4.78 is 11.5. The zero-order valence-corrected chi connectivity index (χ0v) is 16.4. The molecule has 5 heteroatoms. The van der Waals surface area contributed by atoms with Gasteiger partial charge in [-0.15, -0.1) is 0 Å². The maximum atomic E-state index is 12.6. The van der Waals surface area contributed by atoms with E-state index in [2.05, 4.69) is 16.4 Å². The average Bonchev–Trinajstić information content (AvgIpc) is 3.13. The van der Waals surface area contributed by atoms with E-state index in [4.69, 9.17) is 9.15 Å². The van der Waals surface area contributed by atoms with Crippen molar-refractivity contribution >= 4 is 22.6 Å². The lowest BCUT2D eigenvalue weighted by Gasteiger charge is -2.09. The minimum atomic E-state index is -0.104. The molecule has 2 heterocycles. The summed E-state index contributed by atoms with van der Waals surface area (Å²) in [5.74, 6) is 0.570. The lowest BCUT2D eigenvalue weighted by atomic mass is 10.0. The molecule has 0 saturated carbocycles. The van der Waals surface area contributed by atoms with Crippen LogP contribution in [0.25, 0.3) is 11.0 Å². The van der Waals surface area contributed by atoms with E-state index in [1.807, 2.05) is 62.4 Å². The fourth-order valence-electron chi connectivity index (χ4n) is 3.21. The first-order chi connectivity index (χ1) is 14.1. The van der Waals surface area contributed by atoms with Gasteiger partial charge in [0.05, 0.1) is 18.4 Å². The van der Waals surface area contributed by atoms with E-state index >= 15 is 0 Å². The highest BCUT2D eigenvalue weighted by molar-refractivity contribution is 5.96. The molecule has 0 spiro atoms. The number of nitrogens with one attached hydrogen (secondary N) is 1. The highest BCUT2D eigenvalue weighted by Gasteiger charge is 2.13. The van der Waals surface area contributed by atoms with Crippen molar-refractivity contribution in [1.29, 1.82) is 0 Å². The standard InChI is InChI=1S/C24H22N2O3/c1-16-9-10-22-18(14-29-24(22)17(16)2)12-23(27)26-19-7-5-8-21(13-19)28-15-20-6-3-4-11-25-20/h3-11,13-14H,12,15H2,1-2H3,(H,26,27). The fourth-order valence-corrected chi connectivity index (χ4v) is 3.21. The molecule has 4 aromatic rings. The molecule has 0 radical (unpaired) electrons. The first-order valence-corrected chi connectivity index (χ1v) is 9.49. The molecular formula is C24H22N2O3. The Morgan fingerprint density at radius 1 is 1.10 bits per heavy atom. The molecule has 0 unspecified atom stereocenters. The summed E-state index contributed by atoms with van der Waals surface area (Å²) in [6, 6.07) is 17.1. The SMILES string of the molecule is Cc1ccc2c(CC(=O)Nc3cccc(OCc4ccccn4)c3)coc2c1C. The van der Waals surface area contributed by atoms with Gasteiger partial charge in [-0.2, -0.15) is 0 Å². The summed E-state index contributed by atoms with van der Waals surface area (Å²) >= 11 is 0. The van der Waals surface area contributed by atoms with Crippen LogP contribution in [0.15, 0.2) is 71.5 Å². The van der Waals surface area contributed by atoms with Crippen molar-refractivity contribution in [2.45, 2.75) is 26.9 Å². The molecule has 0 aliphatic carbocycles. The number of ether oxygens (including phenoxy) is 1. The smallest absolute Gasteiger partial charge is 0.228 e. The summed E-state index contributed by atoms with van der Waals surface area (Å²) in [7, 11) is 0. The Hall–Kier alpha value is -3.60. The van der Waals surface area contributed by atoms with E-state index in [9.17, 15) is 4.79 Å². The molecule has 29 heavy (non-hydrogen) atoms. The van der Waals surface area contributed by atoms with E-state index in [-0.39, 0.29) is 12.3 Å². The Morgan fingerprint density at radius 2 is 2.00 bits per heavy atom. The zero-order chi connectivity index (χ0) is 20.2. The number of amides is 1. The number of carbonyl (C=O) groups is 1. The Bertz CT molecular complexity index is 1150. The number of aromatic nitrogens is 1. The first kappa shape index (κ1) is 18.7. The van der Waals surface area contributed by atoms with Crippen molar-refractivity contribution in [2.75, 3.05) is 5.32 Å². The van der Waals surface area contributed by atoms with Crippen molar-refractivity contribution in [1.82, 2.24) is 4.98 Å². The second kappa shape index (κ2) is 8.19. The van der Waals surface area contributed by atoms with Crippen molar-refractivity contribution < 1.29 is 13.9 Å². The average molecular weight is 386 g/mol. The summed E-state index contributed by atoms with van der Waals surface area (Å²) in [6.45, 7) is 4.45. The van der Waals surface area contributed by atoms with E-state index in [0.29, 0.717) is 18.0 Å². The van der Waals surface area contributed by atoms with Crippen LogP contribution in [0.4, 0.5) is 5.69 Å². The number of aryl methyl sites for hydroxylation is 2. The lowest BCUT2D eigenvalue weighted by molar-refractivity contribution is -0.115. The minimum absolute atomic E-state index is 0.104. The molecule has 2 aromatic carbocycles. The zero-order valence-electron chi connectivity index (χ0n) is 16.4. The second-order valence-electron chi connectivity index (χ2n) is 7.01. The molecule has 5 nitrogen and oxygen atoms in total. The number of pyridine rings is 1. The van der Waals surface area contributed by atoms with E-state index in [0.717, 1.165) is 27.8 Å². The number of furan rings is 1. The summed E-state index contributed by atoms with van der Waals surface area (Å²) in [6.07, 6.45) is 3.65. The van der Waals surface area contributed by atoms with Gasteiger partial charge in [0, 0.05) is 28.9 Å². The van der Waals surface area contributed by atoms with Gasteiger partial charge in [0.25, 0.3) is 0 Å². The molecule has 0 bridgehead atoms. The molecule has 0 aliphatic rings. The molecule has 0 saturated heterocycles. The maximum absolute atomic E-state index is 12.6. The Labute approximate surface area is 169 Å². The van der Waals surface area contributed by atoms with Crippen LogP contribution in [-0.2, 0) is 17.8 Å². The van der Waals surface area contributed by atoms with Gasteiger partial charge in [-0.1, -0.05) is 24.3 Å². The number of nitrogens with zero attached hydrogens (tertiary/aromatic N) is 1. The second-order valence-corrected chi connectivity index (χ2v) is 7.01. The molecule has 4 rings (SSSR count). The molecule has 0 atom stereocenters. The highest BCUT2D eigenvalue weighted by Crippen LogP contribution is 2.27. The quantitative estimate of drug-likeness (QED) is 0.494. The Morgan fingerprint density at radius 3 is 2.83 bits per heavy atom. The molecule has 0 fully saturated rings. The van der Waals surface area contributed by atoms with Crippen LogP contribution < -0.4 is 10.1 Å². The first-order valence-electron chi connectivity index (χ1n) is 9.49. The maximum Gasteiger partial charge on any atom is 0.228 e. The number of rotatable bonds is 6. The molecule has 2 aromatic heterocycles. The monoisotopic (exact) mass is 386 g/mol. The molecule has 0 aliphatic heterocycles. The molecule has 146 valence electrons. The fraction of sp³-hybridized carbons (Fsp3) is 0.167. The summed E-state index contributed by atoms with van der Waals surface area (Å²) in [4.78, 5) is 16.8. The number of hydrogen-bond donors (Lipinski definition) is 1. The lowest BCUT2D eigenvalue weighted by Crippen LogP contribution is -2.14. The third-order valence-corrected chi connectivity index (χ3v) is 4.92. The van der Waals surface area contributed by atoms with Gasteiger partial charge in [-0.05, 0) is 49.2 Å². The van der Waals surface area contributed by atoms with Gasteiger partial charge in [0.15, 0.2) is 0 Å². The van der Waals surface area contributed by atoms with Crippen LogP contribution in [0.1, 0.15) is 22.4 Å². The van der Waals surface area contributed by atoms with Crippen LogP contribution >= 0.6 is 0 Å². The largest absolute Gasteiger partial charge is 0.487 e. The van der Waals surface area contributed by atoms with E-state index in [1.165, 1.54) is 5.56 Å². The number of carbonyl (C=O) groups excluding carboxylic acids is 1. The Kier molecular flexibility index (Phi) is 5.29. The van der Waals surface area contributed by atoms with Gasteiger partial charge in [0.1, 0.15) is 17.9 Å². The predicted octanol–water partition coefficient (Wildman–Crippen LogP) is 5.20. The number of anilines is 1. The van der Waals surface area contributed by atoms with E-state index in [1.54, 1.807) is 12.5 Å². The summed E-state index contributed by atoms with van der Waals surface area (Å²) in [5.41, 5.74) is 5.53. The Balaban J connectivity index is 1.42. The van der Waals surface area contributed by atoms with Crippen molar-refractivity contribution in [3.05, 3.63) is 89.4 Å². The third-order valence-electron chi connectivity index (χ3n) is 4.92. The number of hydrogen-bond acceptors (Lipinski definition) is 4. The van der Waals surface area contributed by atoms with Crippen LogP contribution in [0.5, 0.6) is 5.75 Å².